The summed E-state index contributed by atoms with van der Waals surface area (Å²) < 4.78 is 0. The lowest BCUT2D eigenvalue weighted by Crippen LogP contribution is -2.38. The maximum atomic E-state index is 12.1. The number of aromatic nitrogens is 2. The molecule has 1 aliphatic heterocycles. The third-order valence-corrected chi connectivity index (χ3v) is 3.53. The zero-order valence-corrected chi connectivity index (χ0v) is 10.7. The van der Waals surface area contributed by atoms with Gasteiger partial charge in [0.15, 0.2) is 10.8 Å². The van der Waals surface area contributed by atoms with E-state index in [1.165, 1.54) is 6.42 Å². The van der Waals surface area contributed by atoms with E-state index in [-0.39, 0.29) is 5.91 Å². The lowest BCUT2D eigenvalue weighted by molar-refractivity contribution is 0.0681. The summed E-state index contributed by atoms with van der Waals surface area (Å²) in [5.74, 6) is 0.721. The monoisotopic (exact) mass is 253 g/mol. The van der Waals surface area contributed by atoms with Crippen molar-refractivity contribution >= 4 is 17.5 Å². The summed E-state index contributed by atoms with van der Waals surface area (Å²) in [7, 11) is 0. The van der Waals surface area contributed by atoms with E-state index in [1.807, 2.05) is 4.90 Å². The Kier molecular flexibility index (Phi) is 3.94. The third kappa shape index (κ3) is 2.94. The number of carbonyl (C=O) groups excluding carboxylic acids is 1. The van der Waals surface area contributed by atoms with Crippen LogP contribution in [0.2, 0.25) is 5.15 Å². The average molecular weight is 254 g/mol. The highest BCUT2D eigenvalue weighted by Gasteiger charge is 2.23. The van der Waals surface area contributed by atoms with Gasteiger partial charge in [0.1, 0.15) is 0 Å². The van der Waals surface area contributed by atoms with Crippen LogP contribution in [0.1, 0.15) is 36.7 Å². The van der Waals surface area contributed by atoms with Crippen molar-refractivity contribution in [3.63, 3.8) is 0 Å². The first kappa shape index (κ1) is 12.3. The molecule has 0 radical (unpaired) electrons. The second kappa shape index (κ2) is 5.45. The van der Waals surface area contributed by atoms with Crippen LogP contribution >= 0.6 is 11.6 Å². The van der Waals surface area contributed by atoms with Crippen molar-refractivity contribution in [3.05, 3.63) is 23.0 Å². The quantitative estimate of drug-likeness (QED) is 0.813. The first-order valence-corrected chi connectivity index (χ1v) is 6.37. The number of hydrogen-bond donors (Lipinski definition) is 0. The summed E-state index contributed by atoms with van der Waals surface area (Å²) in [6.45, 7) is 3.84. The average Bonchev–Trinajstić information content (AvgIpc) is 2.39. The molecule has 0 N–H and O–H groups in total. The Hall–Kier alpha value is -1.16. The van der Waals surface area contributed by atoms with Gasteiger partial charge in [-0.25, -0.2) is 0 Å². The Morgan fingerprint density at radius 2 is 2.12 bits per heavy atom. The van der Waals surface area contributed by atoms with Gasteiger partial charge < -0.3 is 4.90 Å². The van der Waals surface area contributed by atoms with Crippen molar-refractivity contribution in [2.24, 2.45) is 5.92 Å². The fourth-order valence-electron chi connectivity index (χ4n) is 2.14. The van der Waals surface area contributed by atoms with Crippen molar-refractivity contribution in [1.82, 2.24) is 15.1 Å². The molecule has 1 fully saturated rings. The Balaban J connectivity index is 1.99. The maximum Gasteiger partial charge on any atom is 0.274 e. The minimum Gasteiger partial charge on any atom is -0.337 e. The Bertz CT molecular complexity index is 385. The van der Waals surface area contributed by atoms with Crippen LogP contribution in [-0.4, -0.2) is 34.1 Å². The molecule has 0 spiro atoms. The van der Waals surface area contributed by atoms with E-state index in [1.54, 1.807) is 12.1 Å². The summed E-state index contributed by atoms with van der Waals surface area (Å²) in [4.78, 5) is 13.9. The molecule has 0 unspecified atom stereocenters. The van der Waals surface area contributed by atoms with E-state index >= 15 is 0 Å². The van der Waals surface area contributed by atoms with E-state index in [0.717, 1.165) is 31.8 Å². The number of rotatable bonds is 2. The van der Waals surface area contributed by atoms with Crippen molar-refractivity contribution < 1.29 is 4.79 Å². The van der Waals surface area contributed by atoms with E-state index in [4.69, 9.17) is 11.6 Å². The molecule has 17 heavy (non-hydrogen) atoms. The van der Waals surface area contributed by atoms with Gasteiger partial charge in [0.05, 0.1) is 0 Å². The Morgan fingerprint density at radius 1 is 1.41 bits per heavy atom. The van der Waals surface area contributed by atoms with Crippen molar-refractivity contribution in [2.75, 3.05) is 13.1 Å². The number of halogens is 1. The molecule has 4 nitrogen and oxygen atoms in total. The number of piperidine rings is 1. The minimum absolute atomic E-state index is 0.0382. The summed E-state index contributed by atoms with van der Waals surface area (Å²) in [5.41, 5.74) is 0.379. The first-order chi connectivity index (χ1) is 8.20. The molecule has 5 heteroatoms. The smallest absolute Gasteiger partial charge is 0.274 e. The number of carbonyl (C=O) groups is 1. The van der Waals surface area contributed by atoms with Gasteiger partial charge in [-0.3, -0.25) is 4.79 Å². The highest BCUT2D eigenvalue weighted by molar-refractivity contribution is 6.29. The van der Waals surface area contributed by atoms with Gasteiger partial charge in [0, 0.05) is 13.1 Å². The number of hydrogen-bond acceptors (Lipinski definition) is 3. The molecule has 1 aliphatic rings. The summed E-state index contributed by atoms with van der Waals surface area (Å²) in [6.07, 6.45) is 3.37. The van der Waals surface area contributed by atoms with Crippen molar-refractivity contribution in [1.29, 1.82) is 0 Å². The molecule has 0 aliphatic carbocycles. The van der Waals surface area contributed by atoms with Crippen LogP contribution in [0.25, 0.3) is 0 Å². The highest BCUT2D eigenvalue weighted by Crippen LogP contribution is 2.20. The predicted octanol–water partition coefficient (Wildman–Crippen LogP) is 2.39. The second-order valence-corrected chi connectivity index (χ2v) is 4.77. The molecule has 1 amide bonds. The van der Waals surface area contributed by atoms with Gasteiger partial charge in [-0.2, -0.15) is 0 Å². The molecule has 0 atom stereocenters. The fourth-order valence-corrected chi connectivity index (χ4v) is 2.24. The first-order valence-electron chi connectivity index (χ1n) is 5.99. The van der Waals surface area contributed by atoms with Crippen LogP contribution in [0.15, 0.2) is 12.1 Å². The molecule has 1 aromatic heterocycles. The van der Waals surface area contributed by atoms with Gasteiger partial charge in [0.2, 0.25) is 0 Å². The van der Waals surface area contributed by atoms with Crippen LogP contribution in [0.3, 0.4) is 0 Å². The molecule has 2 heterocycles. The molecule has 0 aromatic carbocycles. The molecule has 92 valence electrons. The van der Waals surface area contributed by atoms with Gasteiger partial charge in [-0.05, 0) is 30.9 Å². The van der Waals surface area contributed by atoms with E-state index in [9.17, 15) is 4.79 Å². The molecule has 1 saturated heterocycles. The number of likely N-dealkylation sites (tertiary alicyclic amines) is 1. The molecule has 2 rings (SSSR count). The van der Waals surface area contributed by atoms with E-state index in [0.29, 0.717) is 10.8 Å². The second-order valence-electron chi connectivity index (χ2n) is 4.39. The SMILES string of the molecule is CCC1CCN(C(=O)c2ccc(Cl)nn2)CC1. The molecular formula is C12H16ClN3O. The van der Waals surface area contributed by atoms with Gasteiger partial charge in [-0.15, -0.1) is 10.2 Å². The van der Waals surface area contributed by atoms with Gasteiger partial charge in [-0.1, -0.05) is 24.9 Å². The van der Waals surface area contributed by atoms with Crippen molar-refractivity contribution in [3.8, 4) is 0 Å². The topological polar surface area (TPSA) is 46.1 Å². The largest absolute Gasteiger partial charge is 0.337 e. The fraction of sp³-hybridized carbons (Fsp3) is 0.583. The van der Waals surface area contributed by atoms with Crippen LogP contribution in [0.5, 0.6) is 0 Å². The zero-order valence-electron chi connectivity index (χ0n) is 9.90. The highest BCUT2D eigenvalue weighted by atomic mass is 35.5. The lowest BCUT2D eigenvalue weighted by Gasteiger charge is -2.31. The Morgan fingerprint density at radius 3 is 2.65 bits per heavy atom. The normalized spacial score (nSPS) is 17.2. The van der Waals surface area contributed by atoms with E-state index in [2.05, 4.69) is 17.1 Å². The standard InChI is InChI=1S/C12H16ClN3O/c1-2-9-5-7-16(8-6-9)12(17)10-3-4-11(13)15-14-10/h3-4,9H,2,5-8H2,1H3. The van der Waals surface area contributed by atoms with Crippen LogP contribution in [0, 0.1) is 5.92 Å². The van der Waals surface area contributed by atoms with Crippen LogP contribution in [0.4, 0.5) is 0 Å². The summed E-state index contributed by atoms with van der Waals surface area (Å²) in [6, 6.07) is 3.23. The molecule has 0 bridgehead atoms. The summed E-state index contributed by atoms with van der Waals surface area (Å²) >= 11 is 5.64. The number of amides is 1. The summed E-state index contributed by atoms with van der Waals surface area (Å²) in [5, 5.41) is 7.82. The third-order valence-electron chi connectivity index (χ3n) is 3.33. The van der Waals surface area contributed by atoms with Gasteiger partial charge >= 0.3 is 0 Å². The zero-order chi connectivity index (χ0) is 12.3. The minimum atomic E-state index is -0.0382. The van der Waals surface area contributed by atoms with Gasteiger partial charge in [0.25, 0.3) is 5.91 Å². The predicted molar refractivity (Wildman–Crippen MR) is 66.0 cm³/mol. The van der Waals surface area contributed by atoms with Crippen molar-refractivity contribution in [2.45, 2.75) is 26.2 Å². The number of nitrogens with zero attached hydrogens (tertiary/aromatic N) is 3. The van der Waals surface area contributed by atoms with E-state index < -0.39 is 0 Å². The Labute approximate surface area is 106 Å². The maximum absolute atomic E-state index is 12.1. The van der Waals surface area contributed by atoms with Crippen LogP contribution < -0.4 is 0 Å². The van der Waals surface area contributed by atoms with Crippen LogP contribution in [-0.2, 0) is 0 Å². The lowest BCUT2D eigenvalue weighted by atomic mass is 9.94. The molecule has 0 saturated carbocycles. The molecular weight excluding hydrogens is 238 g/mol. The molecule has 1 aromatic rings.